The molecule has 2 aliphatic rings. The van der Waals surface area contributed by atoms with E-state index in [0.717, 1.165) is 19.3 Å². The summed E-state index contributed by atoms with van der Waals surface area (Å²) in [6, 6.07) is 0. The molecule has 0 amide bonds. The van der Waals surface area contributed by atoms with Crippen molar-refractivity contribution in [1.82, 2.24) is 0 Å². The Morgan fingerprint density at radius 1 is 1.35 bits per heavy atom. The Hall–Kier alpha value is -0.340. The van der Waals surface area contributed by atoms with Crippen molar-refractivity contribution < 1.29 is 10.2 Å². The first-order valence-electron chi connectivity index (χ1n) is 6.92. The highest BCUT2D eigenvalue weighted by Crippen LogP contribution is 2.50. The smallest absolute Gasteiger partial charge is 0.0880 e. The van der Waals surface area contributed by atoms with E-state index in [9.17, 15) is 10.2 Å². The summed E-state index contributed by atoms with van der Waals surface area (Å²) in [4.78, 5) is 0. The summed E-state index contributed by atoms with van der Waals surface area (Å²) in [7, 11) is 0. The zero-order chi connectivity index (χ0) is 12.8. The standard InChI is InChI=1S/C15H26O2/c1-9(2)11-6-5-10(3)12-7-8-15(4,17)14(16)13(11)12/h9,11-14,16-17H,3,5-8H2,1-2,4H3/t11?,12?,13?,14?,15-/m0/s1. The van der Waals surface area contributed by atoms with Crippen molar-refractivity contribution in [3.8, 4) is 0 Å². The van der Waals surface area contributed by atoms with Gasteiger partial charge in [-0.2, -0.15) is 0 Å². The zero-order valence-electron chi connectivity index (χ0n) is 11.3. The molecule has 2 nitrogen and oxygen atoms in total. The predicted molar refractivity (Wildman–Crippen MR) is 69.5 cm³/mol. The van der Waals surface area contributed by atoms with Crippen LogP contribution in [0.3, 0.4) is 0 Å². The summed E-state index contributed by atoms with van der Waals surface area (Å²) in [5.41, 5.74) is 0.382. The van der Waals surface area contributed by atoms with Gasteiger partial charge in [-0.1, -0.05) is 26.0 Å². The van der Waals surface area contributed by atoms with Crippen molar-refractivity contribution in [3.05, 3.63) is 12.2 Å². The number of hydrogen-bond acceptors (Lipinski definition) is 2. The van der Waals surface area contributed by atoms with Gasteiger partial charge in [0.05, 0.1) is 11.7 Å². The Morgan fingerprint density at radius 3 is 2.59 bits per heavy atom. The van der Waals surface area contributed by atoms with Gasteiger partial charge in [0.1, 0.15) is 0 Å². The van der Waals surface area contributed by atoms with E-state index < -0.39 is 11.7 Å². The first kappa shape index (κ1) is 13.1. The fourth-order valence-corrected chi connectivity index (χ4v) is 3.94. The molecule has 2 saturated carbocycles. The molecule has 5 atom stereocenters. The van der Waals surface area contributed by atoms with Crippen LogP contribution in [0.2, 0.25) is 0 Å². The van der Waals surface area contributed by atoms with Crippen molar-refractivity contribution in [2.75, 3.05) is 0 Å². The molecule has 17 heavy (non-hydrogen) atoms. The summed E-state index contributed by atoms with van der Waals surface area (Å²) in [6.07, 6.45) is 3.30. The molecular weight excluding hydrogens is 212 g/mol. The lowest BCUT2D eigenvalue weighted by molar-refractivity contribution is -0.149. The SMILES string of the molecule is C=C1CCC(C(C)C)C2C1CC[C@](C)(O)C2O. The second kappa shape index (κ2) is 4.40. The third-order valence-corrected chi connectivity index (χ3v) is 5.10. The molecule has 2 N–H and O–H groups in total. The Balaban J connectivity index is 2.28. The van der Waals surface area contributed by atoms with Crippen LogP contribution in [0.15, 0.2) is 12.2 Å². The van der Waals surface area contributed by atoms with E-state index in [0.29, 0.717) is 24.2 Å². The topological polar surface area (TPSA) is 40.5 Å². The molecule has 4 unspecified atom stereocenters. The van der Waals surface area contributed by atoms with Gasteiger partial charge in [0.2, 0.25) is 0 Å². The van der Waals surface area contributed by atoms with Gasteiger partial charge in [-0.25, -0.2) is 0 Å². The Morgan fingerprint density at radius 2 is 2.00 bits per heavy atom. The quantitative estimate of drug-likeness (QED) is 0.690. The van der Waals surface area contributed by atoms with Crippen LogP contribution in [0.25, 0.3) is 0 Å². The molecule has 2 fully saturated rings. The maximum atomic E-state index is 10.5. The van der Waals surface area contributed by atoms with Gasteiger partial charge in [0.25, 0.3) is 0 Å². The molecule has 2 rings (SSSR count). The van der Waals surface area contributed by atoms with Crippen LogP contribution >= 0.6 is 0 Å². The van der Waals surface area contributed by atoms with Crippen molar-refractivity contribution in [2.45, 2.75) is 58.2 Å². The van der Waals surface area contributed by atoms with E-state index in [1.807, 2.05) is 0 Å². The molecule has 98 valence electrons. The molecule has 0 aliphatic heterocycles. The summed E-state index contributed by atoms with van der Waals surface area (Å²) in [6.45, 7) is 10.4. The minimum Gasteiger partial charge on any atom is -0.390 e. The average Bonchev–Trinajstić information content (AvgIpc) is 2.24. The second-order valence-electron chi connectivity index (χ2n) is 6.63. The fraction of sp³-hybridized carbons (Fsp3) is 0.867. The minimum absolute atomic E-state index is 0.208. The van der Waals surface area contributed by atoms with Crippen LogP contribution in [0.4, 0.5) is 0 Å². The second-order valence-corrected chi connectivity index (χ2v) is 6.63. The van der Waals surface area contributed by atoms with E-state index in [-0.39, 0.29) is 5.92 Å². The summed E-state index contributed by atoms with van der Waals surface area (Å²) in [5, 5.41) is 20.8. The predicted octanol–water partition coefficient (Wildman–Crippen LogP) is 2.75. The first-order valence-corrected chi connectivity index (χ1v) is 6.92. The molecule has 0 aromatic heterocycles. The zero-order valence-corrected chi connectivity index (χ0v) is 11.3. The Kier molecular flexibility index (Phi) is 3.39. The molecular formula is C15H26O2. The molecule has 2 heteroatoms. The molecule has 0 spiro atoms. The van der Waals surface area contributed by atoms with E-state index in [4.69, 9.17) is 0 Å². The lowest BCUT2D eigenvalue weighted by Gasteiger charge is -2.51. The molecule has 0 heterocycles. The van der Waals surface area contributed by atoms with Crippen molar-refractivity contribution >= 4 is 0 Å². The maximum Gasteiger partial charge on any atom is 0.0880 e. The van der Waals surface area contributed by atoms with Crippen LogP contribution in [0, 0.1) is 23.7 Å². The number of aliphatic hydroxyl groups excluding tert-OH is 1. The van der Waals surface area contributed by atoms with Gasteiger partial charge in [0.15, 0.2) is 0 Å². The number of aliphatic hydroxyl groups is 2. The van der Waals surface area contributed by atoms with Gasteiger partial charge >= 0.3 is 0 Å². The van der Waals surface area contributed by atoms with E-state index >= 15 is 0 Å². The number of hydrogen-bond donors (Lipinski definition) is 2. The Labute approximate surface area is 105 Å². The van der Waals surface area contributed by atoms with Gasteiger partial charge in [-0.05, 0) is 56.3 Å². The monoisotopic (exact) mass is 238 g/mol. The molecule has 0 aromatic carbocycles. The number of fused-ring (bicyclic) bond motifs is 1. The third-order valence-electron chi connectivity index (χ3n) is 5.10. The van der Waals surface area contributed by atoms with Gasteiger partial charge in [0, 0.05) is 0 Å². The summed E-state index contributed by atoms with van der Waals surface area (Å²) in [5.74, 6) is 1.72. The van der Waals surface area contributed by atoms with E-state index in [1.165, 1.54) is 5.57 Å². The largest absolute Gasteiger partial charge is 0.390 e. The molecule has 0 aromatic rings. The fourth-order valence-electron chi connectivity index (χ4n) is 3.94. The number of allylic oxidation sites excluding steroid dienone is 1. The Bertz CT molecular complexity index is 304. The summed E-state index contributed by atoms with van der Waals surface area (Å²) < 4.78 is 0. The highest BCUT2D eigenvalue weighted by Gasteiger charge is 2.50. The number of rotatable bonds is 1. The lowest BCUT2D eigenvalue weighted by Crippen LogP contribution is -2.55. The van der Waals surface area contributed by atoms with Crippen LogP contribution in [0.5, 0.6) is 0 Å². The van der Waals surface area contributed by atoms with E-state index in [1.54, 1.807) is 6.92 Å². The van der Waals surface area contributed by atoms with Crippen LogP contribution < -0.4 is 0 Å². The van der Waals surface area contributed by atoms with Gasteiger partial charge in [-0.3, -0.25) is 0 Å². The highest BCUT2D eigenvalue weighted by atomic mass is 16.3. The molecule has 0 saturated heterocycles. The summed E-state index contributed by atoms with van der Waals surface area (Å²) >= 11 is 0. The molecule has 2 aliphatic carbocycles. The lowest BCUT2D eigenvalue weighted by atomic mass is 9.57. The van der Waals surface area contributed by atoms with E-state index in [2.05, 4.69) is 20.4 Å². The van der Waals surface area contributed by atoms with Gasteiger partial charge < -0.3 is 10.2 Å². The third kappa shape index (κ3) is 2.17. The maximum absolute atomic E-state index is 10.5. The first-order chi connectivity index (χ1) is 7.84. The van der Waals surface area contributed by atoms with Crippen LogP contribution in [-0.2, 0) is 0 Å². The van der Waals surface area contributed by atoms with Crippen LogP contribution in [0.1, 0.15) is 46.5 Å². The highest BCUT2D eigenvalue weighted by molar-refractivity contribution is 5.14. The van der Waals surface area contributed by atoms with Crippen LogP contribution in [-0.4, -0.2) is 21.9 Å². The minimum atomic E-state index is -0.911. The van der Waals surface area contributed by atoms with Crippen molar-refractivity contribution in [1.29, 1.82) is 0 Å². The van der Waals surface area contributed by atoms with Gasteiger partial charge in [-0.15, -0.1) is 0 Å². The normalized spacial score (nSPS) is 47.1. The van der Waals surface area contributed by atoms with Crippen molar-refractivity contribution in [3.63, 3.8) is 0 Å². The molecule has 0 radical (unpaired) electrons. The average molecular weight is 238 g/mol. The molecule has 0 bridgehead atoms. The van der Waals surface area contributed by atoms with Crippen molar-refractivity contribution in [2.24, 2.45) is 23.7 Å².